The zero-order chi connectivity index (χ0) is 17.0. The summed E-state index contributed by atoms with van der Waals surface area (Å²) < 4.78 is 10.6. The maximum atomic E-state index is 12.2. The minimum absolute atomic E-state index is 0.233. The summed E-state index contributed by atoms with van der Waals surface area (Å²) >= 11 is 0. The van der Waals surface area contributed by atoms with Gasteiger partial charge in [-0.05, 0) is 57.7 Å². The molecule has 0 saturated carbocycles. The molecule has 0 amide bonds. The second-order valence-corrected chi connectivity index (χ2v) is 6.67. The number of hydrogen-bond donors (Lipinski definition) is 0. The zero-order valence-corrected chi connectivity index (χ0v) is 14.3. The molecule has 0 fully saturated rings. The number of ether oxygens (including phenoxy) is 2. The number of carbonyl (C=O) groups excluding carboxylic acids is 2. The summed E-state index contributed by atoms with van der Waals surface area (Å²) in [5, 5.41) is 0. The van der Waals surface area contributed by atoms with E-state index in [1.807, 2.05) is 39.0 Å². The zero-order valence-electron chi connectivity index (χ0n) is 14.3. The molecule has 0 saturated heterocycles. The summed E-state index contributed by atoms with van der Waals surface area (Å²) in [6.45, 7) is 7.66. The van der Waals surface area contributed by atoms with E-state index in [1.165, 1.54) is 0 Å². The predicted molar refractivity (Wildman–Crippen MR) is 89.1 cm³/mol. The first-order valence-electron chi connectivity index (χ1n) is 8.02. The van der Waals surface area contributed by atoms with Crippen molar-refractivity contribution in [3.8, 4) is 5.75 Å². The monoisotopic (exact) mass is 316 g/mol. The van der Waals surface area contributed by atoms with E-state index in [4.69, 9.17) is 9.47 Å². The van der Waals surface area contributed by atoms with Gasteiger partial charge in [0.05, 0.1) is 18.4 Å². The van der Waals surface area contributed by atoms with E-state index in [1.54, 1.807) is 6.92 Å². The van der Waals surface area contributed by atoms with E-state index >= 15 is 0 Å². The first kappa shape index (κ1) is 17.3. The first-order valence-corrected chi connectivity index (χ1v) is 8.02. The largest absolute Gasteiger partial charge is 0.466 e. The molecule has 0 atom stereocenters. The minimum Gasteiger partial charge on any atom is -0.466 e. The van der Waals surface area contributed by atoms with Gasteiger partial charge in [-0.3, -0.25) is 9.59 Å². The SMILES string of the molecule is CCOC(=O)CC1=CCCc2c(OC(=O)C(C)(C)C)cccc21. The number of rotatable bonds is 4. The topological polar surface area (TPSA) is 52.6 Å². The Bertz CT molecular complexity index is 635. The van der Waals surface area contributed by atoms with Gasteiger partial charge in [-0.15, -0.1) is 0 Å². The summed E-state index contributed by atoms with van der Waals surface area (Å²) in [6.07, 6.45) is 3.94. The summed E-state index contributed by atoms with van der Waals surface area (Å²) in [6, 6.07) is 5.64. The van der Waals surface area contributed by atoms with Crippen molar-refractivity contribution in [2.24, 2.45) is 5.41 Å². The lowest BCUT2D eigenvalue weighted by atomic mass is 9.88. The molecule has 23 heavy (non-hydrogen) atoms. The molecular formula is C19H24O4. The fourth-order valence-electron chi connectivity index (χ4n) is 2.51. The fraction of sp³-hybridized carbons (Fsp3) is 0.474. The summed E-state index contributed by atoms with van der Waals surface area (Å²) in [4.78, 5) is 23.9. The van der Waals surface area contributed by atoms with Crippen molar-refractivity contribution < 1.29 is 19.1 Å². The second-order valence-electron chi connectivity index (χ2n) is 6.67. The summed E-state index contributed by atoms with van der Waals surface area (Å²) in [5.41, 5.74) is 2.36. The normalized spacial score (nSPS) is 13.8. The lowest BCUT2D eigenvalue weighted by Gasteiger charge is -2.22. The van der Waals surface area contributed by atoms with E-state index in [9.17, 15) is 9.59 Å². The standard InChI is InChI=1S/C19H24O4/c1-5-22-17(20)12-13-8-6-10-15-14(13)9-7-11-16(15)23-18(21)19(2,3)4/h7-9,11H,5-6,10,12H2,1-4H3. The lowest BCUT2D eigenvalue weighted by Crippen LogP contribution is -2.26. The molecule has 2 rings (SSSR count). The Hall–Kier alpha value is -2.10. The Morgan fingerprint density at radius 2 is 1.96 bits per heavy atom. The number of hydrogen-bond acceptors (Lipinski definition) is 4. The van der Waals surface area contributed by atoms with E-state index in [0.717, 1.165) is 29.5 Å². The van der Waals surface area contributed by atoms with Crippen molar-refractivity contribution in [3.63, 3.8) is 0 Å². The third kappa shape index (κ3) is 4.21. The van der Waals surface area contributed by atoms with Crippen LogP contribution in [0.25, 0.3) is 5.57 Å². The molecule has 0 radical (unpaired) electrons. The van der Waals surface area contributed by atoms with E-state index < -0.39 is 5.41 Å². The third-order valence-electron chi connectivity index (χ3n) is 3.72. The number of allylic oxidation sites excluding steroid dienone is 1. The van der Waals surface area contributed by atoms with Crippen molar-refractivity contribution in [1.82, 2.24) is 0 Å². The molecule has 0 unspecified atom stereocenters. The Balaban J connectivity index is 2.26. The van der Waals surface area contributed by atoms with Crippen LogP contribution in [0.2, 0.25) is 0 Å². The van der Waals surface area contributed by atoms with Gasteiger partial charge in [0.25, 0.3) is 0 Å². The smallest absolute Gasteiger partial charge is 0.316 e. The van der Waals surface area contributed by atoms with Crippen LogP contribution in [0.5, 0.6) is 5.75 Å². The molecule has 0 N–H and O–H groups in total. The van der Waals surface area contributed by atoms with Crippen LogP contribution in [0, 0.1) is 5.41 Å². The lowest BCUT2D eigenvalue weighted by molar-refractivity contribution is -0.143. The van der Waals surface area contributed by atoms with Crippen LogP contribution in [0.3, 0.4) is 0 Å². The van der Waals surface area contributed by atoms with Crippen molar-refractivity contribution in [1.29, 1.82) is 0 Å². The average molecular weight is 316 g/mol. The number of fused-ring (bicyclic) bond motifs is 1. The van der Waals surface area contributed by atoms with Crippen molar-refractivity contribution in [2.75, 3.05) is 6.61 Å². The van der Waals surface area contributed by atoms with E-state index in [0.29, 0.717) is 12.4 Å². The molecule has 0 aromatic heterocycles. The van der Waals surface area contributed by atoms with E-state index in [-0.39, 0.29) is 18.4 Å². The van der Waals surface area contributed by atoms with Crippen LogP contribution in [-0.2, 0) is 20.7 Å². The van der Waals surface area contributed by atoms with Gasteiger partial charge >= 0.3 is 11.9 Å². The molecule has 1 aliphatic carbocycles. The quantitative estimate of drug-likeness (QED) is 0.624. The summed E-state index contributed by atoms with van der Waals surface area (Å²) in [7, 11) is 0. The predicted octanol–water partition coefficient (Wildman–Crippen LogP) is 3.92. The van der Waals surface area contributed by atoms with Gasteiger partial charge in [0.2, 0.25) is 0 Å². The van der Waals surface area contributed by atoms with Gasteiger partial charge in [-0.2, -0.15) is 0 Å². The van der Waals surface area contributed by atoms with Crippen molar-refractivity contribution >= 4 is 17.5 Å². The van der Waals surface area contributed by atoms with Crippen molar-refractivity contribution in [3.05, 3.63) is 35.4 Å². The highest BCUT2D eigenvalue weighted by Gasteiger charge is 2.26. The molecule has 1 aliphatic rings. The molecule has 124 valence electrons. The molecule has 0 spiro atoms. The van der Waals surface area contributed by atoms with Crippen LogP contribution in [0.4, 0.5) is 0 Å². The number of carbonyl (C=O) groups is 2. The highest BCUT2D eigenvalue weighted by atomic mass is 16.5. The second kappa shape index (κ2) is 6.99. The molecule has 1 aromatic rings. The fourth-order valence-corrected chi connectivity index (χ4v) is 2.51. The molecular weight excluding hydrogens is 292 g/mol. The van der Waals surface area contributed by atoms with Crippen LogP contribution in [-0.4, -0.2) is 18.5 Å². The van der Waals surface area contributed by atoms with Gasteiger partial charge in [-0.25, -0.2) is 0 Å². The maximum absolute atomic E-state index is 12.2. The molecule has 0 bridgehead atoms. The first-order chi connectivity index (χ1) is 10.8. The Morgan fingerprint density at radius 3 is 2.61 bits per heavy atom. The minimum atomic E-state index is -0.555. The molecule has 1 aromatic carbocycles. The van der Waals surface area contributed by atoms with Crippen LogP contribution < -0.4 is 4.74 Å². The highest BCUT2D eigenvalue weighted by molar-refractivity contribution is 5.87. The Kier molecular flexibility index (Phi) is 5.24. The highest BCUT2D eigenvalue weighted by Crippen LogP contribution is 2.35. The Labute approximate surface area is 137 Å². The van der Waals surface area contributed by atoms with Crippen LogP contribution >= 0.6 is 0 Å². The maximum Gasteiger partial charge on any atom is 0.316 e. The van der Waals surface area contributed by atoms with Crippen LogP contribution in [0.1, 0.15) is 51.7 Å². The molecule has 4 nitrogen and oxygen atoms in total. The molecule has 0 aliphatic heterocycles. The van der Waals surface area contributed by atoms with E-state index in [2.05, 4.69) is 6.08 Å². The summed E-state index contributed by atoms with van der Waals surface area (Å²) in [5.74, 6) is 0.105. The third-order valence-corrected chi connectivity index (χ3v) is 3.72. The van der Waals surface area contributed by atoms with Gasteiger partial charge in [0, 0.05) is 5.56 Å². The van der Waals surface area contributed by atoms with Gasteiger partial charge in [0.1, 0.15) is 5.75 Å². The van der Waals surface area contributed by atoms with Gasteiger partial charge in [-0.1, -0.05) is 18.2 Å². The Morgan fingerprint density at radius 1 is 1.22 bits per heavy atom. The van der Waals surface area contributed by atoms with Crippen molar-refractivity contribution in [2.45, 2.75) is 47.0 Å². The van der Waals surface area contributed by atoms with Crippen LogP contribution in [0.15, 0.2) is 24.3 Å². The molecule has 0 heterocycles. The van der Waals surface area contributed by atoms with Gasteiger partial charge < -0.3 is 9.47 Å². The average Bonchev–Trinajstić information content (AvgIpc) is 2.47. The van der Waals surface area contributed by atoms with Gasteiger partial charge in [0.15, 0.2) is 0 Å². The number of benzene rings is 1. The molecule has 4 heteroatoms. The number of esters is 2.